The molecule has 0 radical (unpaired) electrons. The Hall–Kier alpha value is -2.14. The maximum atomic E-state index is 14.3. The number of halogens is 2. The predicted octanol–water partition coefficient (Wildman–Crippen LogP) is 5.82. The Morgan fingerprint density at radius 3 is 2.74 bits per heavy atom. The van der Waals surface area contributed by atoms with Crippen LogP contribution in [0.25, 0.3) is 22.3 Å². The van der Waals surface area contributed by atoms with Crippen LogP contribution in [0.4, 0.5) is 4.39 Å². The molecule has 1 atom stereocenters. The monoisotopic (exact) mass is 387 g/mol. The summed E-state index contributed by atoms with van der Waals surface area (Å²) in [6, 6.07) is 5.32. The van der Waals surface area contributed by atoms with Gasteiger partial charge in [-0.2, -0.15) is 0 Å². The van der Waals surface area contributed by atoms with E-state index in [1.165, 1.54) is 32.1 Å². The molecular weight excluding hydrogens is 365 g/mol. The Morgan fingerprint density at radius 2 is 2.11 bits per heavy atom. The van der Waals surface area contributed by atoms with Gasteiger partial charge in [0.05, 0.1) is 23.3 Å². The van der Waals surface area contributed by atoms with Crippen LogP contribution in [-0.4, -0.2) is 21.6 Å². The molecule has 1 unspecified atom stereocenters. The van der Waals surface area contributed by atoms with Crippen LogP contribution in [0, 0.1) is 11.7 Å². The average molecular weight is 388 g/mol. The molecule has 6 heteroatoms. The fraction of sp³-hybridized carbons (Fsp3) is 0.429. The summed E-state index contributed by atoms with van der Waals surface area (Å²) in [5.41, 5.74) is 2.97. The quantitative estimate of drug-likeness (QED) is 0.534. The topological polar surface area (TPSA) is 39.9 Å². The molecule has 2 heterocycles. The smallest absolute Gasteiger partial charge is 0.165 e. The maximum absolute atomic E-state index is 14.3. The third-order valence-electron chi connectivity index (χ3n) is 5.41. The summed E-state index contributed by atoms with van der Waals surface area (Å²) >= 11 is 6.42. The molecule has 0 spiro atoms. The molecule has 1 saturated carbocycles. The summed E-state index contributed by atoms with van der Waals surface area (Å²) in [6.07, 6.45) is 6.21. The highest BCUT2D eigenvalue weighted by atomic mass is 35.5. The summed E-state index contributed by atoms with van der Waals surface area (Å²) in [5.74, 6) is 1.42. The van der Waals surface area contributed by atoms with Crippen LogP contribution >= 0.6 is 11.6 Å². The van der Waals surface area contributed by atoms with Gasteiger partial charge in [-0.25, -0.2) is 9.37 Å². The number of hydrogen-bond acceptors (Lipinski definition) is 3. The van der Waals surface area contributed by atoms with Crippen LogP contribution in [0.1, 0.15) is 45.0 Å². The average Bonchev–Trinajstić information content (AvgIpc) is 3.44. The molecule has 0 bridgehead atoms. The molecule has 2 aromatic heterocycles. The summed E-state index contributed by atoms with van der Waals surface area (Å²) in [7, 11) is 1.42. The van der Waals surface area contributed by atoms with Gasteiger partial charge in [-0.05, 0) is 37.3 Å². The molecule has 4 nitrogen and oxygen atoms in total. The van der Waals surface area contributed by atoms with Gasteiger partial charge in [0.15, 0.2) is 11.6 Å². The number of hydrogen-bond donors (Lipinski definition) is 0. The SMILES string of the molecule is CCc1nc2c(-c3cc(F)c(OC)cc3Cl)nccc2n1C(CC)C1CC1. The third kappa shape index (κ3) is 3.08. The van der Waals surface area contributed by atoms with E-state index in [-0.39, 0.29) is 5.75 Å². The highest BCUT2D eigenvalue weighted by Gasteiger charge is 2.33. The standard InChI is InChI=1S/C21H23ClFN3O/c1-4-16(12-6-7-12)26-17-8-9-24-20(21(17)25-19(26)5-2)13-10-15(23)18(27-3)11-14(13)22/h8-12,16H,4-7H2,1-3H3. The molecule has 1 aliphatic carbocycles. The van der Waals surface area contributed by atoms with E-state index in [4.69, 9.17) is 21.3 Å². The first-order valence-electron chi connectivity index (χ1n) is 9.48. The molecule has 0 amide bonds. The van der Waals surface area contributed by atoms with Crippen LogP contribution in [0.5, 0.6) is 5.75 Å². The van der Waals surface area contributed by atoms with E-state index in [0.717, 1.165) is 35.6 Å². The normalized spacial score (nSPS) is 15.3. The minimum atomic E-state index is -0.463. The van der Waals surface area contributed by atoms with Crippen molar-refractivity contribution in [3.63, 3.8) is 0 Å². The summed E-state index contributed by atoms with van der Waals surface area (Å²) < 4.78 is 21.7. The number of rotatable bonds is 6. The van der Waals surface area contributed by atoms with Gasteiger partial charge in [0.1, 0.15) is 11.3 Å². The van der Waals surface area contributed by atoms with Crippen LogP contribution in [0.15, 0.2) is 24.4 Å². The lowest BCUT2D eigenvalue weighted by molar-refractivity contribution is 0.386. The van der Waals surface area contributed by atoms with Gasteiger partial charge in [-0.3, -0.25) is 4.98 Å². The molecule has 0 saturated heterocycles. The number of benzene rings is 1. The largest absolute Gasteiger partial charge is 0.494 e. The van der Waals surface area contributed by atoms with Crippen molar-refractivity contribution in [3.8, 4) is 17.0 Å². The highest BCUT2D eigenvalue weighted by molar-refractivity contribution is 6.33. The van der Waals surface area contributed by atoms with Crippen LogP contribution in [0.2, 0.25) is 5.02 Å². The number of fused-ring (bicyclic) bond motifs is 1. The second-order valence-corrected chi connectivity index (χ2v) is 7.47. The van der Waals surface area contributed by atoms with Crippen molar-refractivity contribution in [2.75, 3.05) is 7.11 Å². The second kappa shape index (κ2) is 7.12. The zero-order valence-corrected chi connectivity index (χ0v) is 16.6. The number of imidazole rings is 1. The van der Waals surface area contributed by atoms with Gasteiger partial charge in [0.2, 0.25) is 0 Å². The Labute approximate surface area is 163 Å². The minimum absolute atomic E-state index is 0.121. The van der Waals surface area contributed by atoms with Crippen LogP contribution < -0.4 is 4.74 Å². The summed E-state index contributed by atoms with van der Waals surface area (Å²) in [6.45, 7) is 4.34. The fourth-order valence-electron chi connectivity index (χ4n) is 3.96. The zero-order chi connectivity index (χ0) is 19.1. The van der Waals surface area contributed by atoms with Gasteiger partial charge in [0, 0.05) is 30.3 Å². The Kier molecular flexibility index (Phi) is 4.81. The summed E-state index contributed by atoms with van der Waals surface area (Å²) in [4.78, 5) is 9.39. The molecular formula is C21H23ClFN3O. The van der Waals surface area contributed by atoms with Crippen LogP contribution in [-0.2, 0) is 6.42 Å². The fourth-order valence-corrected chi connectivity index (χ4v) is 4.20. The van der Waals surface area contributed by atoms with Gasteiger partial charge in [-0.1, -0.05) is 25.4 Å². The molecule has 0 aliphatic heterocycles. The first kappa shape index (κ1) is 18.2. The lowest BCUT2D eigenvalue weighted by Gasteiger charge is -2.19. The van der Waals surface area contributed by atoms with E-state index in [0.29, 0.717) is 22.3 Å². The number of methoxy groups -OCH3 is 1. The molecule has 4 rings (SSSR count). The third-order valence-corrected chi connectivity index (χ3v) is 5.72. The molecule has 1 aliphatic rings. The van der Waals surface area contributed by atoms with Crippen molar-refractivity contribution in [3.05, 3.63) is 41.1 Å². The van der Waals surface area contributed by atoms with Crippen molar-refractivity contribution < 1.29 is 9.13 Å². The predicted molar refractivity (Wildman–Crippen MR) is 106 cm³/mol. The van der Waals surface area contributed by atoms with Gasteiger partial charge in [0.25, 0.3) is 0 Å². The van der Waals surface area contributed by atoms with Crippen molar-refractivity contribution in [1.29, 1.82) is 0 Å². The van der Waals surface area contributed by atoms with E-state index in [1.54, 1.807) is 6.20 Å². The Bertz CT molecular complexity index is 997. The molecule has 0 N–H and O–H groups in total. The molecule has 142 valence electrons. The second-order valence-electron chi connectivity index (χ2n) is 7.06. The lowest BCUT2D eigenvalue weighted by Crippen LogP contribution is -2.13. The first-order chi connectivity index (χ1) is 13.1. The Morgan fingerprint density at radius 1 is 1.33 bits per heavy atom. The van der Waals surface area contributed by atoms with E-state index in [2.05, 4.69) is 23.4 Å². The summed E-state index contributed by atoms with van der Waals surface area (Å²) in [5, 5.41) is 0.398. The van der Waals surface area contributed by atoms with Gasteiger partial charge >= 0.3 is 0 Å². The van der Waals surface area contributed by atoms with E-state index in [9.17, 15) is 4.39 Å². The van der Waals surface area contributed by atoms with Crippen molar-refractivity contribution in [1.82, 2.24) is 14.5 Å². The number of aryl methyl sites for hydroxylation is 1. The van der Waals surface area contributed by atoms with Gasteiger partial charge < -0.3 is 9.30 Å². The van der Waals surface area contributed by atoms with E-state index >= 15 is 0 Å². The maximum Gasteiger partial charge on any atom is 0.165 e. The first-order valence-corrected chi connectivity index (χ1v) is 9.86. The van der Waals surface area contributed by atoms with Crippen molar-refractivity contribution in [2.24, 2.45) is 5.92 Å². The zero-order valence-electron chi connectivity index (χ0n) is 15.8. The lowest BCUT2D eigenvalue weighted by atomic mass is 10.1. The van der Waals surface area contributed by atoms with Gasteiger partial charge in [-0.15, -0.1) is 0 Å². The number of nitrogens with zero attached hydrogens (tertiary/aromatic N) is 3. The number of pyridine rings is 1. The number of aromatic nitrogens is 3. The molecule has 1 aromatic carbocycles. The number of ether oxygens (including phenoxy) is 1. The minimum Gasteiger partial charge on any atom is -0.494 e. The van der Waals surface area contributed by atoms with Crippen LogP contribution in [0.3, 0.4) is 0 Å². The molecule has 27 heavy (non-hydrogen) atoms. The molecule has 1 fully saturated rings. The van der Waals surface area contributed by atoms with Crippen molar-refractivity contribution >= 4 is 22.6 Å². The van der Waals surface area contributed by atoms with Crippen molar-refractivity contribution in [2.45, 2.75) is 45.6 Å². The van der Waals surface area contributed by atoms with E-state index in [1.807, 2.05) is 6.07 Å². The highest BCUT2D eigenvalue weighted by Crippen LogP contribution is 2.44. The Balaban J connectivity index is 1.94. The molecule has 3 aromatic rings. The van der Waals surface area contributed by atoms with E-state index < -0.39 is 5.82 Å².